The zero-order valence-corrected chi connectivity index (χ0v) is 17.4. The Morgan fingerprint density at radius 1 is 1.25 bits per heavy atom. The van der Waals surface area contributed by atoms with E-state index in [1.165, 1.54) is 5.41 Å². The monoisotopic (exact) mass is 409 g/mol. The van der Waals surface area contributed by atoms with Crippen LogP contribution in [0.25, 0.3) is 0 Å². The highest BCUT2D eigenvalue weighted by atomic mass is 32.2. The molecule has 1 saturated heterocycles. The normalized spacial score (nSPS) is 32.9. The van der Waals surface area contributed by atoms with Crippen molar-refractivity contribution in [2.45, 2.75) is 70.1 Å². The number of hydrogen-bond donors (Lipinski definition) is 3. The number of hydrogen-bond acceptors (Lipinski definition) is 5. The smallest absolute Gasteiger partial charge is 0.237 e. The summed E-state index contributed by atoms with van der Waals surface area (Å²) in [6.07, 6.45) is 9.87. The van der Waals surface area contributed by atoms with E-state index in [4.69, 9.17) is 0 Å². The van der Waals surface area contributed by atoms with Crippen LogP contribution in [0.1, 0.15) is 46.0 Å². The van der Waals surface area contributed by atoms with Crippen molar-refractivity contribution in [3.05, 3.63) is 23.6 Å². The second-order valence-electron chi connectivity index (χ2n) is 8.44. The van der Waals surface area contributed by atoms with Crippen LogP contribution in [0.15, 0.2) is 23.6 Å². The fourth-order valence-corrected chi connectivity index (χ4v) is 5.58. The maximum absolute atomic E-state index is 13.0. The van der Waals surface area contributed by atoms with Gasteiger partial charge in [0.15, 0.2) is 9.84 Å². The predicted molar refractivity (Wildman–Crippen MR) is 108 cm³/mol. The molecule has 28 heavy (non-hydrogen) atoms. The number of carbonyl (C=O) groups excluding carboxylic acids is 2. The molecule has 156 valence electrons. The van der Waals surface area contributed by atoms with Gasteiger partial charge in [0.2, 0.25) is 11.8 Å². The molecule has 5 atom stereocenters. The van der Waals surface area contributed by atoms with Gasteiger partial charge in [-0.15, -0.1) is 0 Å². The van der Waals surface area contributed by atoms with Crippen LogP contribution in [0.4, 0.5) is 0 Å². The molecule has 0 aromatic rings. The number of carbonyl (C=O) groups is 2. The van der Waals surface area contributed by atoms with Crippen molar-refractivity contribution >= 4 is 21.7 Å². The minimum atomic E-state index is -3.18. The second-order valence-corrected chi connectivity index (χ2v) is 10.4. The van der Waals surface area contributed by atoms with Gasteiger partial charge in [0, 0.05) is 23.9 Å². The molecule has 2 amide bonds. The standard InChI is InChI=1S/C20H31N3O4S/c1-13(2)18(21-15-10-11-28(26,27)12-15)20(25)22-16-8-9-17(24)23-19(16)14-6-4-3-5-7-14/h3-4,10-11,13-16,18-19,21H,5-9,12H2,1-2H3,(H,22,25)(H,23,24)/t14-,15-,16+,18-,19-/m0/s1. The number of piperidine rings is 1. The van der Waals surface area contributed by atoms with Crippen LogP contribution in [0, 0.1) is 11.8 Å². The molecule has 3 aliphatic rings. The molecule has 0 saturated carbocycles. The SMILES string of the molecule is CC(C)[C@H](N[C@H]1C=CS(=O)(=O)C1)C(=O)N[C@@H]1CCC(=O)N[C@H]1[C@H]1CC=CCC1. The highest BCUT2D eigenvalue weighted by Gasteiger charge is 2.37. The highest BCUT2D eigenvalue weighted by molar-refractivity contribution is 7.94. The van der Waals surface area contributed by atoms with Gasteiger partial charge in [-0.3, -0.25) is 14.9 Å². The number of sulfone groups is 1. The Balaban J connectivity index is 1.66. The van der Waals surface area contributed by atoms with Crippen LogP contribution >= 0.6 is 0 Å². The molecular formula is C20H31N3O4S. The molecule has 0 aromatic carbocycles. The Morgan fingerprint density at radius 2 is 2.04 bits per heavy atom. The van der Waals surface area contributed by atoms with E-state index in [2.05, 4.69) is 28.1 Å². The van der Waals surface area contributed by atoms with Gasteiger partial charge in [0.05, 0.1) is 17.8 Å². The first-order chi connectivity index (χ1) is 13.2. The van der Waals surface area contributed by atoms with Crippen LogP contribution < -0.4 is 16.0 Å². The van der Waals surface area contributed by atoms with Crippen molar-refractivity contribution in [2.75, 3.05) is 5.75 Å². The van der Waals surface area contributed by atoms with Crippen molar-refractivity contribution < 1.29 is 18.0 Å². The quantitative estimate of drug-likeness (QED) is 0.569. The third kappa shape index (κ3) is 5.23. The van der Waals surface area contributed by atoms with Gasteiger partial charge in [-0.05, 0) is 37.5 Å². The van der Waals surface area contributed by atoms with Gasteiger partial charge in [-0.2, -0.15) is 0 Å². The Hall–Kier alpha value is -1.67. The van der Waals surface area contributed by atoms with Crippen LogP contribution in [-0.4, -0.2) is 50.2 Å². The van der Waals surface area contributed by atoms with E-state index < -0.39 is 15.9 Å². The summed E-state index contributed by atoms with van der Waals surface area (Å²) >= 11 is 0. The molecule has 7 nitrogen and oxygen atoms in total. The molecule has 1 aliphatic carbocycles. The van der Waals surface area contributed by atoms with Gasteiger partial charge in [-0.1, -0.05) is 32.1 Å². The van der Waals surface area contributed by atoms with E-state index in [1.807, 2.05) is 13.8 Å². The van der Waals surface area contributed by atoms with Crippen molar-refractivity contribution in [3.8, 4) is 0 Å². The molecule has 0 unspecified atom stereocenters. The zero-order valence-electron chi connectivity index (χ0n) is 16.6. The molecule has 3 rings (SSSR count). The lowest BCUT2D eigenvalue weighted by molar-refractivity contribution is -0.129. The minimum absolute atomic E-state index is 0.00551. The summed E-state index contributed by atoms with van der Waals surface area (Å²) in [6, 6.07) is -1.01. The van der Waals surface area contributed by atoms with Crippen LogP contribution in [0.5, 0.6) is 0 Å². The Bertz CT molecular complexity index is 759. The Morgan fingerprint density at radius 3 is 2.64 bits per heavy atom. The number of amides is 2. The average molecular weight is 410 g/mol. The first kappa shape index (κ1) is 21.0. The lowest BCUT2D eigenvalue weighted by Gasteiger charge is -2.39. The molecular weight excluding hydrogens is 378 g/mol. The Labute approximate surface area is 167 Å². The van der Waals surface area contributed by atoms with Crippen molar-refractivity contribution in [3.63, 3.8) is 0 Å². The van der Waals surface area contributed by atoms with E-state index >= 15 is 0 Å². The Kier molecular flexibility index (Phi) is 6.60. The zero-order chi connectivity index (χ0) is 20.3. The second kappa shape index (κ2) is 8.78. The predicted octanol–water partition coefficient (Wildman–Crippen LogP) is 1.03. The maximum atomic E-state index is 13.0. The summed E-state index contributed by atoms with van der Waals surface area (Å²) in [6.45, 7) is 3.88. The summed E-state index contributed by atoms with van der Waals surface area (Å²) in [5.74, 6) is 0.231. The third-order valence-electron chi connectivity index (χ3n) is 5.86. The van der Waals surface area contributed by atoms with Gasteiger partial charge in [-0.25, -0.2) is 8.42 Å². The molecule has 0 radical (unpaired) electrons. The van der Waals surface area contributed by atoms with Crippen molar-refractivity contribution in [2.24, 2.45) is 11.8 Å². The van der Waals surface area contributed by atoms with Gasteiger partial charge in [0.1, 0.15) is 0 Å². The summed E-state index contributed by atoms with van der Waals surface area (Å²) in [7, 11) is -3.18. The maximum Gasteiger partial charge on any atom is 0.237 e. The van der Waals surface area contributed by atoms with Crippen LogP contribution in [0.2, 0.25) is 0 Å². The van der Waals surface area contributed by atoms with E-state index in [0.29, 0.717) is 18.8 Å². The van der Waals surface area contributed by atoms with Gasteiger partial charge >= 0.3 is 0 Å². The largest absolute Gasteiger partial charge is 0.351 e. The molecule has 2 heterocycles. The fourth-order valence-electron chi connectivity index (χ4n) is 4.33. The number of allylic oxidation sites excluding steroid dienone is 2. The highest BCUT2D eigenvalue weighted by Crippen LogP contribution is 2.27. The van der Waals surface area contributed by atoms with Gasteiger partial charge < -0.3 is 10.6 Å². The summed E-state index contributed by atoms with van der Waals surface area (Å²) in [5, 5.41) is 10.6. The number of nitrogens with one attached hydrogen (secondary N) is 3. The summed E-state index contributed by atoms with van der Waals surface area (Å²) in [5.41, 5.74) is 0. The van der Waals surface area contributed by atoms with E-state index in [9.17, 15) is 18.0 Å². The van der Waals surface area contributed by atoms with Crippen molar-refractivity contribution in [1.82, 2.24) is 16.0 Å². The molecule has 0 aromatic heterocycles. The van der Waals surface area contributed by atoms with E-state index in [1.54, 1.807) is 6.08 Å². The summed E-state index contributed by atoms with van der Waals surface area (Å²) in [4.78, 5) is 25.0. The molecule has 1 fully saturated rings. The number of rotatable bonds is 6. The molecule has 0 bridgehead atoms. The average Bonchev–Trinajstić information content (AvgIpc) is 3.00. The summed E-state index contributed by atoms with van der Waals surface area (Å²) < 4.78 is 23.3. The first-order valence-electron chi connectivity index (χ1n) is 10.2. The van der Waals surface area contributed by atoms with E-state index in [0.717, 1.165) is 19.3 Å². The van der Waals surface area contributed by atoms with E-state index in [-0.39, 0.29) is 41.6 Å². The third-order valence-corrected chi connectivity index (χ3v) is 7.26. The minimum Gasteiger partial charge on any atom is -0.351 e. The van der Waals surface area contributed by atoms with Gasteiger partial charge in [0.25, 0.3) is 0 Å². The molecule has 8 heteroatoms. The fraction of sp³-hybridized carbons (Fsp3) is 0.700. The van der Waals surface area contributed by atoms with Crippen LogP contribution in [0.3, 0.4) is 0 Å². The molecule has 0 spiro atoms. The van der Waals surface area contributed by atoms with Crippen molar-refractivity contribution in [1.29, 1.82) is 0 Å². The molecule has 2 aliphatic heterocycles. The lowest BCUT2D eigenvalue weighted by Crippen LogP contribution is -2.61. The van der Waals surface area contributed by atoms with Crippen LogP contribution in [-0.2, 0) is 19.4 Å². The first-order valence-corrected chi connectivity index (χ1v) is 11.9. The lowest BCUT2D eigenvalue weighted by atomic mass is 9.80. The topological polar surface area (TPSA) is 104 Å². The molecule has 3 N–H and O–H groups in total.